The van der Waals surface area contributed by atoms with E-state index in [1.165, 1.54) is 0 Å². The Morgan fingerprint density at radius 2 is 1.94 bits per heavy atom. The average molecular weight is 217 g/mol. The predicted molar refractivity (Wildman–Crippen MR) is 60.0 cm³/mol. The summed E-state index contributed by atoms with van der Waals surface area (Å²) in [5.41, 5.74) is 0. The third kappa shape index (κ3) is 1.56. The summed E-state index contributed by atoms with van der Waals surface area (Å²) in [5.74, 6) is 1.82. The standard InChI is InChI=1S/C13H15NO2/c15-13(12-6-3-7-16-12)14-8-10-4-1-2-5-11(10)9-14/h1-3,6-7,10-11H,4-5,8-9H2. The number of allylic oxidation sites excluding steroid dienone is 2. The minimum atomic E-state index is 0.0411. The summed E-state index contributed by atoms with van der Waals surface area (Å²) >= 11 is 0. The molecule has 1 aromatic rings. The first-order chi connectivity index (χ1) is 7.84. The summed E-state index contributed by atoms with van der Waals surface area (Å²) in [7, 11) is 0. The normalized spacial score (nSPS) is 28.1. The van der Waals surface area contributed by atoms with Crippen molar-refractivity contribution in [1.29, 1.82) is 0 Å². The first-order valence-electron chi connectivity index (χ1n) is 5.82. The van der Waals surface area contributed by atoms with Crippen LogP contribution in [0.15, 0.2) is 35.0 Å². The Balaban J connectivity index is 1.72. The fourth-order valence-corrected chi connectivity index (χ4v) is 2.74. The van der Waals surface area contributed by atoms with Crippen molar-refractivity contribution in [3.05, 3.63) is 36.3 Å². The molecular formula is C13H15NO2. The van der Waals surface area contributed by atoms with Crippen molar-refractivity contribution in [2.75, 3.05) is 13.1 Å². The van der Waals surface area contributed by atoms with Gasteiger partial charge in [0.2, 0.25) is 0 Å². The van der Waals surface area contributed by atoms with E-state index in [1.54, 1.807) is 18.4 Å². The van der Waals surface area contributed by atoms with Crippen LogP contribution < -0.4 is 0 Å². The van der Waals surface area contributed by atoms with Gasteiger partial charge in [-0.3, -0.25) is 4.79 Å². The number of fused-ring (bicyclic) bond motifs is 1. The highest BCUT2D eigenvalue weighted by molar-refractivity contribution is 5.91. The summed E-state index contributed by atoms with van der Waals surface area (Å²) in [5, 5.41) is 0. The Labute approximate surface area is 94.7 Å². The smallest absolute Gasteiger partial charge is 0.289 e. The van der Waals surface area contributed by atoms with Gasteiger partial charge in [-0.25, -0.2) is 0 Å². The van der Waals surface area contributed by atoms with Gasteiger partial charge in [0.1, 0.15) is 0 Å². The van der Waals surface area contributed by atoms with Gasteiger partial charge in [0.25, 0.3) is 5.91 Å². The monoisotopic (exact) mass is 217 g/mol. The van der Waals surface area contributed by atoms with Crippen LogP contribution in [0.1, 0.15) is 23.4 Å². The van der Waals surface area contributed by atoms with Gasteiger partial charge in [-0.1, -0.05) is 12.2 Å². The van der Waals surface area contributed by atoms with Crippen molar-refractivity contribution in [2.24, 2.45) is 11.8 Å². The van der Waals surface area contributed by atoms with E-state index in [4.69, 9.17) is 4.42 Å². The maximum atomic E-state index is 12.1. The Morgan fingerprint density at radius 1 is 1.25 bits per heavy atom. The van der Waals surface area contributed by atoms with Gasteiger partial charge in [0.15, 0.2) is 5.76 Å². The van der Waals surface area contributed by atoms with E-state index in [2.05, 4.69) is 12.2 Å². The summed E-state index contributed by atoms with van der Waals surface area (Å²) < 4.78 is 5.15. The van der Waals surface area contributed by atoms with Crippen molar-refractivity contribution in [1.82, 2.24) is 4.90 Å². The van der Waals surface area contributed by atoms with E-state index in [1.807, 2.05) is 4.90 Å². The van der Waals surface area contributed by atoms with Crippen LogP contribution in [0.5, 0.6) is 0 Å². The molecule has 0 aromatic carbocycles. The van der Waals surface area contributed by atoms with Crippen LogP contribution in [-0.4, -0.2) is 23.9 Å². The van der Waals surface area contributed by atoms with Gasteiger partial charge in [-0.15, -0.1) is 0 Å². The van der Waals surface area contributed by atoms with Gasteiger partial charge in [-0.05, 0) is 36.8 Å². The molecule has 3 nitrogen and oxygen atoms in total. The third-order valence-corrected chi connectivity index (χ3v) is 3.64. The zero-order chi connectivity index (χ0) is 11.0. The van der Waals surface area contributed by atoms with E-state index in [0.717, 1.165) is 25.9 Å². The number of hydrogen-bond donors (Lipinski definition) is 0. The van der Waals surface area contributed by atoms with E-state index in [-0.39, 0.29) is 5.91 Å². The van der Waals surface area contributed by atoms with E-state index >= 15 is 0 Å². The highest BCUT2D eigenvalue weighted by Crippen LogP contribution is 2.33. The highest BCUT2D eigenvalue weighted by Gasteiger charge is 2.35. The molecule has 1 aliphatic carbocycles. The number of amides is 1. The number of furan rings is 1. The summed E-state index contributed by atoms with van der Waals surface area (Å²) in [6.07, 6.45) is 8.27. The van der Waals surface area contributed by atoms with Gasteiger partial charge in [0.05, 0.1) is 6.26 Å². The molecule has 1 aliphatic heterocycles. The van der Waals surface area contributed by atoms with Crippen molar-refractivity contribution in [2.45, 2.75) is 12.8 Å². The fourth-order valence-electron chi connectivity index (χ4n) is 2.74. The highest BCUT2D eigenvalue weighted by atomic mass is 16.3. The number of carbonyl (C=O) groups is 1. The van der Waals surface area contributed by atoms with Gasteiger partial charge in [0, 0.05) is 13.1 Å². The molecule has 16 heavy (non-hydrogen) atoms. The molecule has 0 radical (unpaired) electrons. The van der Waals surface area contributed by atoms with Crippen LogP contribution in [0.2, 0.25) is 0 Å². The molecule has 3 rings (SSSR count). The zero-order valence-corrected chi connectivity index (χ0v) is 9.13. The molecule has 84 valence electrons. The minimum Gasteiger partial charge on any atom is -0.459 e. The molecule has 3 heteroatoms. The first kappa shape index (κ1) is 9.70. The molecule has 2 aliphatic rings. The van der Waals surface area contributed by atoms with Crippen LogP contribution in [-0.2, 0) is 0 Å². The molecule has 0 spiro atoms. The second-order valence-corrected chi connectivity index (χ2v) is 4.65. The first-order valence-corrected chi connectivity index (χ1v) is 5.82. The predicted octanol–water partition coefficient (Wildman–Crippen LogP) is 2.32. The van der Waals surface area contributed by atoms with Crippen molar-refractivity contribution in [3.63, 3.8) is 0 Å². The number of carbonyl (C=O) groups excluding carboxylic acids is 1. The SMILES string of the molecule is O=C(c1ccco1)N1CC2CC=CCC2C1. The lowest BCUT2D eigenvalue weighted by Crippen LogP contribution is -2.28. The quantitative estimate of drug-likeness (QED) is 0.676. The Kier molecular flexibility index (Phi) is 2.31. The lowest BCUT2D eigenvalue weighted by Gasteiger charge is -2.17. The van der Waals surface area contributed by atoms with Gasteiger partial charge in [-0.2, -0.15) is 0 Å². The molecule has 2 atom stereocenters. The molecule has 1 saturated heterocycles. The number of likely N-dealkylation sites (tertiary alicyclic amines) is 1. The van der Waals surface area contributed by atoms with E-state index < -0.39 is 0 Å². The molecule has 1 fully saturated rings. The van der Waals surface area contributed by atoms with E-state index in [9.17, 15) is 4.79 Å². The second kappa shape index (κ2) is 3.81. The molecule has 0 bridgehead atoms. The molecule has 0 N–H and O–H groups in total. The van der Waals surface area contributed by atoms with Crippen molar-refractivity contribution < 1.29 is 9.21 Å². The number of nitrogens with zero attached hydrogens (tertiary/aromatic N) is 1. The van der Waals surface area contributed by atoms with Crippen LogP contribution in [0.25, 0.3) is 0 Å². The molecular weight excluding hydrogens is 202 g/mol. The van der Waals surface area contributed by atoms with Crippen molar-refractivity contribution in [3.8, 4) is 0 Å². The average Bonchev–Trinajstić information content (AvgIpc) is 2.97. The Morgan fingerprint density at radius 3 is 2.50 bits per heavy atom. The zero-order valence-electron chi connectivity index (χ0n) is 9.13. The second-order valence-electron chi connectivity index (χ2n) is 4.65. The molecule has 0 saturated carbocycles. The van der Waals surface area contributed by atoms with Crippen LogP contribution >= 0.6 is 0 Å². The maximum absolute atomic E-state index is 12.1. The number of rotatable bonds is 1. The lowest BCUT2D eigenvalue weighted by molar-refractivity contribution is 0.0752. The molecule has 1 aromatic heterocycles. The lowest BCUT2D eigenvalue weighted by atomic mass is 9.86. The summed E-state index contributed by atoms with van der Waals surface area (Å²) in [4.78, 5) is 14.0. The largest absolute Gasteiger partial charge is 0.459 e. The Hall–Kier alpha value is -1.51. The van der Waals surface area contributed by atoms with Crippen LogP contribution in [0, 0.1) is 11.8 Å². The van der Waals surface area contributed by atoms with Crippen LogP contribution in [0.3, 0.4) is 0 Å². The van der Waals surface area contributed by atoms with Crippen molar-refractivity contribution >= 4 is 5.91 Å². The Bertz CT molecular complexity index is 392. The summed E-state index contributed by atoms with van der Waals surface area (Å²) in [6, 6.07) is 3.50. The van der Waals surface area contributed by atoms with Crippen LogP contribution in [0.4, 0.5) is 0 Å². The molecule has 2 heterocycles. The molecule has 2 unspecified atom stereocenters. The van der Waals surface area contributed by atoms with Gasteiger partial charge < -0.3 is 9.32 Å². The van der Waals surface area contributed by atoms with Gasteiger partial charge >= 0.3 is 0 Å². The minimum absolute atomic E-state index is 0.0411. The third-order valence-electron chi connectivity index (χ3n) is 3.64. The fraction of sp³-hybridized carbons (Fsp3) is 0.462. The molecule has 1 amide bonds. The summed E-state index contributed by atoms with van der Waals surface area (Å²) in [6.45, 7) is 1.77. The topological polar surface area (TPSA) is 33.5 Å². The van der Waals surface area contributed by atoms with E-state index in [0.29, 0.717) is 17.6 Å². The number of hydrogen-bond acceptors (Lipinski definition) is 2. The maximum Gasteiger partial charge on any atom is 0.289 e.